The zero-order valence-corrected chi connectivity index (χ0v) is 8.00. The van der Waals surface area contributed by atoms with Gasteiger partial charge >= 0.3 is 6.36 Å². The van der Waals surface area contributed by atoms with E-state index in [0.717, 1.165) is 0 Å². The monoisotopic (exact) mass is 259 g/mol. The number of halogens is 5. The minimum absolute atomic E-state index is 0.475. The van der Waals surface area contributed by atoms with Gasteiger partial charge in [0.05, 0.1) is 12.3 Å². The van der Waals surface area contributed by atoms with E-state index in [4.69, 9.17) is 10.2 Å². The second-order valence-corrected chi connectivity index (χ2v) is 2.85. The molecule has 0 spiro atoms. The van der Waals surface area contributed by atoms with Crippen LogP contribution in [0.1, 0.15) is 17.8 Å². The molecule has 1 rings (SSSR count). The molecule has 0 saturated heterocycles. The van der Waals surface area contributed by atoms with Gasteiger partial charge in [0.15, 0.2) is 17.2 Å². The van der Waals surface area contributed by atoms with E-state index in [1.807, 2.05) is 0 Å². The SMILES string of the molecule is OCc1cc(OC(F)(F)F)c(O)c(C(F)F)n1. The highest BCUT2D eigenvalue weighted by Crippen LogP contribution is 2.37. The molecule has 1 heterocycles. The van der Waals surface area contributed by atoms with E-state index in [1.165, 1.54) is 0 Å². The molecular formula is C8H6F5NO3. The summed E-state index contributed by atoms with van der Waals surface area (Å²) in [6.07, 6.45) is -8.44. The Hall–Kier alpha value is -1.64. The van der Waals surface area contributed by atoms with Crippen molar-refractivity contribution in [3.63, 3.8) is 0 Å². The first-order valence-electron chi connectivity index (χ1n) is 4.12. The Morgan fingerprint density at radius 2 is 1.94 bits per heavy atom. The Kier molecular flexibility index (Phi) is 3.71. The maximum atomic E-state index is 12.3. The highest BCUT2D eigenvalue weighted by atomic mass is 19.4. The number of aliphatic hydroxyl groups excluding tert-OH is 1. The number of rotatable bonds is 3. The second-order valence-electron chi connectivity index (χ2n) is 2.85. The van der Waals surface area contributed by atoms with Crippen LogP contribution in [0.2, 0.25) is 0 Å². The molecule has 0 unspecified atom stereocenters. The molecular weight excluding hydrogens is 253 g/mol. The quantitative estimate of drug-likeness (QED) is 0.816. The number of hydrogen-bond acceptors (Lipinski definition) is 4. The third kappa shape index (κ3) is 3.41. The van der Waals surface area contributed by atoms with E-state index >= 15 is 0 Å². The molecule has 0 radical (unpaired) electrons. The molecule has 0 bridgehead atoms. The van der Waals surface area contributed by atoms with Crippen LogP contribution in [0.15, 0.2) is 6.07 Å². The Morgan fingerprint density at radius 1 is 1.35 bits per heavy atom. The zero-order valence-electron chi connectivity index (χ0n) is 8.00. The van der Waals surface area contributed by atoms with Crippen molar-refractivity contribution in [2.45, 2.75) is 19.4 Å². The first-order valence-corrected chi connectivity index (χ1v) is 4.12. The lowest BCUT2D eigenvalue weighted by Crippen LogP contribution is -2.18. The lowest BCUT2D eigenvalue weighted by Gasteiger charge is -2.13. The molecule has 0 amide bonds. The summed E-state index contributed by atoms with van der Waals surface area (Å²) in [6.45, 7) is -0.867. The maximum Gasteiger partial charge on any atom is 0.573 e. The number of aromatic nitrogens is 1. The summed E-state index contributed by atoms with van der Waals surface area (Å²) in [7, 11) is 0. The van der Waals surface area contributed by atoms with Crippen LogP contribution in [0.3, 0.4) is 0 Å². The zero-order chi connectivity index (χ0) is 13.2. The van der Waals surface area contributed by atoms with Crippen LogP contribution < -0.4 is 4.74 Å². The van der Waals surface area contributed by atoms with Crippen LogP contribution in [-0.4, -0.2) is 21.6 Å². The topological polar surface area (TPSA) is 62.6 Å². The van der Waals surface area contributed by atoms with Crippen molar-refractivity contribution in [3.8, 4) is 11.5 Å². The Balaban J connectivity index is 3.24. The number of pyridine rings is 1. The van der Waals surface area contributed by atoms with Crippen LogP contribution in [0.5, 0.6) is 11.5 Å². The summed E-state index contributed by atoms with van der Waals surface area (Å²) < 4.78 is 63.6. The number of nitrogens with zero attached hydrogens (tertiary/aromatic N) is 1. The van der Waals surface area contributed by atoms with Crippen molar-refractivity contribution >= 4 is 0 Å². The molecule has 17 heavy (non-hydrogen) atoms. The summed E-state index contributed by atoms with van der Waals surface area (Å²) in [5.74, 6) is -2.64. The normalized spacial score (nSPS) is 11.9. The second kappa shape index (κ2) is 4.70. The predicted molar refractivity (Wildman–Crippen MR) is 43.5 cm³/mol. The Morgan fingerprint density at radius 3 is 2.35 bits per heavy atom. The molecule has 0 aliphatic rings. The lowest BCUT2D eigenvalue weighted by atomic mass is 10.2. The van der Waals surface area contributed by atoms with Crippen molar-refractivity contribution in [1.82, 2.24) is 4.98 Å². The highest BCUT2D eigenvalue weighted by molar-refractivity contribution is 5.44. The van der Waals surface area contributed by atoms with Gasteiger partial charge in [0.25, 0.3) is 6.43 Å². The summed E-state index contributed by atoms with van der Waals surface area (Å²) in [5.41, 5.74) is -1.76. The van der Waals surface area contributed by atoms with Gasteiger partial charge in [-0.25, -0.2) is 13.8 Å². The smallest absolute Gasteiger partial charge is 0.503 e. The van der Waals surface area contributed by atoms with E-state index in [1.54, 1.807) is 0 Å². The number of aliphatic hydroxyl groups is 1. The number of aromatic hydroxyl groups is 1. The fourth-order valence-corrected chi connectivity index (χ4v) is 1.02. The van der Waals surface area contributed by atoms with Crippen molar-refractivity contribution < 1.29 is 36.9 Å². The summed E-state index contributed by atoms with van der Waals surface area (Å²) in [4.78, 5) is 3.08. The average molecular weight is 259 g/mol. The molecule has 96 valence electrons. The van der Waals surface area contributed by atoms with Gasteiger partial charge in [0.1, 0.15) is 0 Å². The van der Waals surface area contributed by atoms with Crippen molar-refractivity contribution in [3.05, 3.63) is 17.5 Å². The van der Waals surface area contributed by atoms with Gasteiger partial charge in [-0.3, -0.25) is 0 Å². The van der Waals surface area contributed by atoms with Gasteiger partial charge in [0, 0.05) is 6.07 Å². The summed E-state index contributed by atoms with van der Waals surface area (Å²) in [5, 5.41) is 17.7. The molecule has 9 heteroatoms. The van der Waals surface area contributed by atoms with Gasteiger partial charge in [-0.15, -0.1) is 13.2 Å². The summed E-state index contributed by atoms with van der Waals surface area (Å²) >= 11 is 0. The molecule has 0 aromatic carbocycles. The van der Waals surface area contributed by atoms with Crippen LogP contribution in [0, 0.1) is 0 Å². The molecule has 0 aliphatic heterocycles. The fourth-order valence-electron chi connectivity index (χ4n) is 1.02. The minimum atomic E-state index is -5.15. The van der Waals surface area contributed by atoms with Crippen molar-refractivity contribution in [2.24, 2.45) is 0 Å². The first kappa shape index (κ1) is 13.4. The molecule has 0 atom stereocenters. The van der Waals surface area contributed by atoms with E-state index in [0.29, 0.717) is 6.07 Å². The molecule has 0 saturated carbocycles. The minimum Gasteiger partial charge on any atom is -0.503 e. The highest BCUT2D eigenvalue weighted by Gasteiger charge is 2.34. The number of alkyl halides is 5. The Labute approximate surface area is 91.3 Å². The third-order valence-electron chi connectivity index (χ3n) is 1.63. The summed E-state index contributed by atoms with van der Waals surface area (Å²) in [6, 6.07) is 0.523. The third-order valence-corrected chi connectivity index (χ3v) is 1.63. The molecule has 0 aliphatic carbocycles. The lowest BCUT2D eigenvalue weighted by molar-refractivity contribution is -0.275. The van der Waals surface area contributed by atoms with Crippen molar-refractivity contribution in [2.75, 3.05) is 0 Å². The molecule has 1 aromatic rings. The van der Waals surface area contributed by atoms with Crippen LogP contribution in [0.4, 0.5) is 22.0 Å². The van der Waals surface area contributed by atoms with Crippen molar-refractivity contribution in [1.29, 1.82) is 0 Å². The standard InChI is InChI=1S/C8H6F5NO3/c9-7(10)5-6(16)4(17-8(11,12)13)1-3(2-15)14-5/h1,7,15-16H,2H2. The first-order chi connectivity index (χ1) is 7.74. The number of hydrogen-bond donors (Lipinski definition) is 2. The fraction of sp³-hybridized carbons (Fsp3) is 0.375. The molecule has 1 aromatic heterocycles. The van der Waals surface area contributed by atoms with Crippen LogP contribution in [0.25, 0.3) is 0 Å². The molecule has 4 nitrogen and oxygen atoms in total. The van der Waals surface area contributed by atoms with E-state index in [9.17, 15) is 22.0 Å². The predicted octanol–water partition coefficient (Wildman–Crippen LogP) is 2.12. The maximum absolute atomic E-state index is 12.3. The van der Waals surface area contributed by atoms with Crippen LogP contribution >= 0.6 is 0 Å². The van der Waals surface area contributed by atoms with Gasteiger partial charge in [-0.05, 0) is 0 Å². The average Bonchev–Trinajstić information content (AvgIpc) is 2.18. The van der Waals surface area contributed by atoms with E-state index in [2.05, 4.69) is 9.72 Å². The largest absolute Gasteiger partial charge is 0.573 e. The Bertz CT molecular complexity index is 407. The van der Waals surface area contributed by atoms with Gasteiger partial charge in [-0.1, -0.05) is 0 Å². The van der Waals surface area contributed by atoms with Crippen LogP contribution in [-0.2, 0) is 6.61 Å². The van der Waals surface area contributed by atoms with E-state index < -0.39 is 42.3 Å². The van der Waals surface area contributed by atoms with E-state index in [-0.39, 0.29) is 0 Å². The number of ether oxygens (including phenoxy) is 1. The van der Waals surface area contributed by atoms with Gasteiger partial charge < -0.3 is 14.9 Å². The van der Waals surface area contributed by atoms with Gasteiger partial charge in [0.2, 0.25) is 0 Å². The molecule has 0 fully saturated rings. The molecule has 2 N–H and O–H groups in total. The van der Waals surface area contributed by atoms with Gasteiger partial charge in [-0.2, -0.15) is 0 Å².